The smallest absolute Gasteiger partial charge is 0.344 e. The number of methoxy groups -OCH3 is 1. The molecule has 0 aliphatic heterocycles. The van der Waals surface area contributed by atoms with Gasteiger partial charge in [0.15, 0.2) is 6.61 Å². The number of carbonyl (C=O) groups excluding carboxylic acids is 3. The Bertz CT molecular complexity index is 859. The standard InChI is InChI=1S/C18H21N3O6/c1-5-13-17(10(2)27-21-13)18(24)26-9-16(23)20-14-8-12(19-11(3)22)6-7-15(14)25-4/h6-8H,5,9H2,1-4H3,(H,19,22)(H,20,23). The van der Waals surface area contributed by atoms with Gasteiger partial charge in [-0.3, -0.25) is 9.59 Å². The van der Waals surface area contributed by atoms with E-state index in [0.717, 1.165) is 0 Å². The number of aryl methyl sites for hydroxylation is 2. The molecule has 144 valence electrons. The predicted molar refractivity (Wildman–Crippen MR) is 96.8 cm³/mol. The first-order valence-corrected chi connectivity index (χ1v) is 8.23. The van der Waals surface area contributed by atoms with Gasteiger partial charge in [0.2, 0.25) is 5.91 Å². The van der Waals surface area contributed by atoms with E-state index in [4.69, 9.17) is 14.0 Å². The summed E-state index contributed by atoms with van der Waals surface area (Å²) in [4.78, 5) is 35.5. The molecule has 0 atom stereocenters. The van der Waals surface area contributed by atoms with Crippen molar-refractivity contribution in [3.63, 3.8) is 0 Å². The summed E-state index contributed by atoms with van der Waals surface area (Å²) in [5, 5.41) is 8.98. The zero-order chi connectivity index (χ0) is 20.0. The molecule has 2 amide bonds. The Morgan fingerprint density at radius 3 is 2.59 bits per heavy atom. The van der Waals surface area contributed by atoms with Crippen LogP contribution >= 0.6 is 0 Å². The topological polar surface area (TPSA) is 120 Å². The molecule has 9 nitrogen and oxygen atoms in total. The van der Waals surface area contributed by atoms with Gasteiger partial charge in [-0.25, -0.2) is 4.79 Å². The van der Waals surface area contributed by atoms with Gasteiger partial charge in [-0.05, 0) is 31.5 Å². The lowest BCUT2D eigenvalue weighted by Crippen LogP contribution is -2.22. The van der Waals surface area contributed by atoms with E-state index in [-0.39, 0.29) is 11.5 Å². The largest absolute Gasteiger partial charge is 0.495 e. The number of benzene rings is 1. The van der Waals surface area contributed by atoms with Gasteiger partial charge in [0.25, 0.3) is 5.91 Å². The van der Waals surface area contributed by atoms with Crippen LogP contribution in [0.2, 0.25) is 0 Å². The molecular weight excluding hydrogens is 354 g/mol. The highest BCUT2D eigenvalue weighted by Crippen LogP contribution is 2.27. The Morgan fingerprint density at radius 1 is 1.22 bits per heavy atom. The van der Waals surface area contributed by atoms with E-state index in [1.54, 1.807) is 25.1 Å². The van der Waals surface area contributed by atoms with Crippen molar-refractivity contribution < 1.29 is 28.4 Å². The first-order chi connectivity index (χ1) is 12.8. The van der Waals surface area contributed by atoms with Crippen LogP contribution in [-0.4, -0.2) is 36.7 Å². The van der Waals surface area contributed by atoms with Gasteiger partial charge in [0.1, 0.15) is 17.1 Å². The van der Waals surface area contributed by atoms with Crippen molar-refractivity contribution in [1.82, 2.24) is 5.16 Å². The second-order valence-electron chi connectivity index (χ2n) is 5.63. The molecule has 0 aliphatic rings. The number of anilines is 2. The molecule has 1 aromatic heterocycles. The number of hydrogen-bond acceptors (Lipinski definition) is 7. The summed E-state index contributed by atoms with van der Waals surface area (Å²) in [7, 11) is 1.45. The third-order valence-corrected chi connectivity index (χ3v) is 3.60. The SMILES string of the molecule is CCc1noc(C)c1C(=O)OCC(=O)Nc1cc(NC(C)=O)ccc1OC. The summed E-state index contributed by atoms with van der Waals surface area (Å²) in [5.74, 6) is -0.760. The number of amides is 2. The maximum Gasteiger partial charge on any atom is 0.344 e. The molecule has 27 heavy (non-hydrogen) atoms. The Morgan fingerprint density at radius 2 is 1.96 bits per heavy atom. The Kier molecular flexibility index (Phi) is 6.53. The Hall–Kier alpha value is -3.36. The predicted octanol–water partition coefficient (Wildman–Crippen LogP) is 2.31. The van der Waals surface area contributed by atoms with E-state index in [9.17, 15) is 14.4 Å². The van der Waals surface area contributed by atoms with Crippen LogP contribution in [0.15, 0.2) is 22.7 Å². The fourth-order valence-electron chi connectivity index (χ4n) is 2.40. The number of rotatable bonds is 7. The van der Waals surface area contributed by atoms with Crippen molar-refractivity contribution in [2.75, 3.05) is 24.4 Å². The molecule has 1 aromatic carbocycles. The van der Waals surface area contributed by atoms with Crippen molar-refractivity contribution in [3.8, 4) is 5.75 Å². The van der Waals surface area contributed by atoms with E-state index in [2.05, 4.69) is 15.8 Å². The normalized spacial score (nSPS) is 10.2. The first kappa shape index (κ1) is 20.0. The average Bonchev–Trinajstić information content (AvgIpc) is 3.00. The average molecular weight is 375 g/mol. The summed E-state index contributed by atoms with van der Waals surface area (Å²) >= 11 is 0. The quantitative estimate of drug-likeness (QED) is 0.713. The van der Waals surface area contributed by atoms with Crippen molar-refractivity contribution in [1.29, 1.82) is 0 Å². The molecule has 1 heterocycles. The summed E-state index contributed by atoms with van der Waals surface area (Å²) in [6, 6.07) is 4.77. The van der Waals surface area contributed by atoms with E-state index in [1.807, 2.05) is 6.92 Å². The van der Waals surface area contributed by atoms with E-state index in [1.165, 1.54) is 14.0 Å². The Balaban J connectivity index is 2.04. The number of esters is 1. The first-order valence-electron chi connectivity index (χ1n) is 8.23. The van der Waals surface area contributed by atoms with Gasteiger partial charge in [-0.2, -0.15) is 0 Å². The molecule has 0 radical (unpaired) electrons. The van der Waals surface area contributed by atoms with Crippen molar-refractivity contribution >= 4 is 29.2 Å². The number of nitrogens with zero attached hydrogens (tertiary/aromatic N) is 1. The zero-order valence-corrected chi connectivity index (χ0v) is 15.5. The molecule has 0 spiro atoms. The van der Waals surface area contributed by atoms with Crippen LogP contribution in [0.5, 0.6) is 5.75 Å². The van der Waals surface area contributed by atoms with Crippen molar-refractivity contribution in [2.24, 2.45) is 0 Å². The van der Waals surface area contributed by atoms with Crippen LogP contribution < -0.4 is 15.4 Å². The number of hydrogen-bond donors (Lipinski definition) is 2. The van der Waals surface area contributed by atoms with Crippen molar-refractivity contribution in [2.45, 2.75) is 27.2 Å². The van der Waals surface area contributed by atoms with Gasteiger partial charge in [0.05, 0.1) is 18.5 Å². The fourth-order valence-corrected chi connectivity index (χ4v) is 2.40. The summed E-state index contributed by atoms with van der Waals surface area (Å²) in [6.45, 7) is 4.30. The molecule has 0 saturated heterocycles. The molecule has 0 fully saturated rings. The lowest BCUT2D eigenvalue weighted by atomic mass is 10.1. The van der Waals surface area contributed by atoms with Crippen LogP contribution in [0, 0.1) is 6.92 Å². The number of carbonyl (C=O) groups is 3. The molecule has 2 aromatic rings. The number of nitrogens with one attached hydrogen (secondary N) is 2. The van der Waals surface area contributed by atoms with E-state index >= 15 is 0 Å². The number of ether oxygens (including phenoxy) is 2. The fraction of sp³-hybridized carbons (Fsp3) is 0.333. The van der Waals surface area contributed by atoms with E-state index < -0.39 is 18.5 Å². The summed E-state index contributed by atoms with van der Waals surface area (Å²) in [5.41, 5.74) is 1.53. The zero-order valence-electron chi connectivity index (χ0n) is 15.5. The third kappa shape index (κ3) is 5.06. The lowest BCUT2D eigenvalue weighted by molar-refractivity contribution is -0.119. The molecule has 2 rings (SSSR count). The third-order valence-electron chi connectivity index (χ3n) is 3.60. The Labute approximate surface area is 156 Å². The van der Waals surface area contributed by atoms with Crippen LogP contribution in [0.4, 0.5) is 11.4 Å². The van der Waals surface area contributed by atoms with Crippen molar-refractivity contribution in [3.05, 3.63) is 35.2 Å². The second kappa shape index (κ2) is 8.84. The minimum absolute atomic E-state index is 0.232. The maximum absolute atomic E-state index is 12.2. The number of aromatic nitrogens is 1. The van der Waals surface area contributed by atoms with Gasteiger partial charge in [-0.15, -0.1) is 0 Å². The molecular formula is C18H21N3O6. The maximum atomic E-state index is 12.2. The van der Waals surface area contributed by atoms with Crippen LogP contribution in [0.25, 0.3) is 0 Å². The molecule has 0 unspecified atom stereocenters. The minimum Gasteiger partial charge on any atom is -0.495 e. The molecule has 9 heteroatoms. The molecule has 0 aliphatic carbocycles. The van der Waals surface area contributed by atoms with E-state index in [0.29, 0.717) is 35.0 Å². The lowest BCUT2D eigenvalue weighted by Gasteiger charge is -2.12. The van der Waals surface area contributed by atoms with Gasteiger partial charge >= 0.3 is 5.97 Å². The molecule has 0 bridgehead atoms. The van der Waals surface area contributed by atoms with Gasteiger partial charge in [0, 0.05) is 12.6 Å². The highest BCUT2D eigenvalue weighted by atomic mass is 16.5. The summed E-state index contributed by atoms with van der Waals surface area (Å²) in [6.07, 6.45) is 0.501. The second-order valence-corrected chi connectivity index (χ2v) is 5.63. The van der Waals surface area contributed by atoms with Crippen LogP contribution in [-0.2, 0) is 20.7 Å². The van der Waals surface area contributed by atoms with Gasteiger partial charge < -0.3 is 24.6 Å². The van der Waals surface area contributed by atoms with Crippen LogP contribution in [0.3, 0.4) is 0 Å². The highest BCUT2D eigenvalue weighted by molar-refractivity contribution is 5.98. The molecule has 2 N–H and O–H groups in total. The van der Waals surface area contributed by atoms with Crippen LogP contribution in [0.1, 0.15) is 35.7 Å². The monoisotopic (exact) mass is 375 g/mol. The van der Waals surface area contributed by atoms with Gasteiger partial charge in [-0.1, -0.05) is 12.1 Å². The minimum atomic E-state index is -0.681. The molecule has 0 saturated carbocycles. The summed E-state index contributed by atoms with van der Waals surface area (Å²) < 4.78 is 15.2. The highest BCUT2D eigenvalue weighted by Gasteiger charge is 2.21.